The molecular weight excluding hydrogens is 516 g/mol. The quantitative estimate of drug-likeness (QED) is 0.382. The number of hydrogen-bond donors (Lipinski definition) is 1. The third-order valence-corrected chi connectivity index (χ3v) is 7.62. The Balaban J connectivity index is 2.05. The largest absolute Gasteiger partial charge is 0.384 e. The molecule has 0 fully saturated rings. The van der Waals surface area contributed by atoms with Gasteiger partial charge in [-0.15, -0.1) is 11.3 Å². The zero-order chi connectivity index (χ0) is 23.4. The maximum Gasteiger partial charge on any atom is 0.294 e. The second-order valence-electron chi connectivity index (χ2n) is 8.54. The minimum Gasteiger partial charge on any atom is -0.384 e. The first kappa shape index (κ1) is 22.5. The maximum absolute atomic E-state index is 13.4. The number of nitrogens with two attached hydrogens (primary N) is 1. The highest BCUT2D eigenvalue weighted by Crippen LogP contribution is 2.52. The number of carbonyl (C=O) groups excluding carboxylic acids is 1. The Morgan fingerprint density at radius 1 is 1.38 bits per heavy atom. The number of allylic oxidation sites excluding steroid dienone is 3. The lowest BCUT2D eigenvalue weighted by atomic mass is 9.69. The van der Waals surface area contributed by atoms with Crippen molar-refractivity contribution in [2.24, 2.45) is 11.1 Å². The van der Waals surface area contributed by atoms with Gasteiger partial charge in [-0.3, -0.25) is 19.8 Å². The standard InChI is InChI=1S/C22H18BrClN4O3S/c1-22(2)7-16-20(17(29)8-22)19(18-5-11(23)10-32-18)13(9-25)21(26)27(16)14-4-3-12(24)6-15(14)28(30)31/h3-6,10,19H,7-8,26H2,1-2H3. The number of Topliss-reactive ketones (excluding diaryl/α,β-unsaturated/α-hetero) is 1. The van der Waals surface area contributed by atoms with E-state index in [1.165, 1.54) is 34.4 Å². The van der Waals surface area contributed by atoms with E-state index in [4.69, 9.17) is 17.3 Å². The number of rotatable bonds is 3. The summed E-state index contributed by atoms with van der Waals surface area (Å²) in [4.78, 5) is 27.0. The molecule has 10 heteroatoms. The van der Waals surface area contributed by atoms with Gasteiger partial charge in [-0.05, 0) is 46.0 Å². The molecule has 1 atom stereocenters. The number of nitriles is 1. The van der Waals surface area contributed by atoms with Crippen LogP contribution in [0.5, 0.6) is 0 Å². The lowest BCUT2D eigenvalue weighted by Gasteiger charge is -2.43. The molecule has 1 aromatic carbocycles. The zero-order valence-electron chi connectivity index (χ0n) is 17.2. The van der Waals surface area contributed by atoms with Crippen molar-refractivity contribution in [3.05, 3.63) is 76.8 Å². The first-order valence-corrected chi connectivity index (χ1v) is 11.7. The van der Waals surface area contributed by atoms with Crippen LogP contribution in [0.25, 0.3) is 0 Å². The number of anilines is 1. The van der Waals surface area contributed by atoms with Crippen molar-refractivity contribution >= 4 is 56.0 Å². The molecule has 0 bridgehead atoms. The van der Waals surface area contributed by atoms with E-state index in [1.807, 2.05) is 25.3 Å². The molecule has 1 unspecified atom stereocenters. The Kier molecular flexibility index (Phi) is 5.65. The van der Waals surface area contributed by atoms with Crippen molar-refractivity contribution in [3.8, 4) is 6.07 Å². The number of halogens is 2. The molecule has 2 aromatic rings. The number of nitro groups is 1. The van der Waals surface area contributed by atoms with Crippen molar-refractivity contribution in [3.63, 3.8) is 0 Å². The lowest BCUT2D eigenvalue weighted by molar-refractivity contribution is -0.384. The molecule has 2 N–H and O–H groups in total. The van der Waals surface area contributed by atoms with Gasteiger partial charge in [-0.25, -0.2) is 0 Å². The molecule has 1 aromatic heterocycles. The average molecular weight is 534 g/mol. The van der Waals surface area contributed by atoms with Crippen molar-refractivity contribution in [2.75, 3.05) is 4.90 Å². The summed E-state index contributed by atoms with van der Waals surface area (Å²) in [6.07, 6.45) is 0.778. The van der Waals surface area contributed by atoms with Gasteiger partial charge in [0.2, 0.25) is 0 Å². The monoisotopic (exact) mass is 532 g/mol. The number of hydrogen-bond acceptors (Lipinski definition) is 7. The van der Waals surface area contributed by atoms with Crippen LogP contribution in [0.4, 0.5) is 11.4 Å². The lowest BCUT2D eigenvalue weighted by Crippen LogP contribution is -2.42. The van der Waals surface area contributed by atoms with E-state index < -0.39 is 10.8 Å². The maximum atomic E-state index is 13.4. The van der Waals surface area contributed by atoms with Crippen LogP contribution < -0.4 is 10.6 Å². The molecule has 0 radical (unpaired) electrons. The molecule has 2 aliphatic rings. The van der Waals surface area contributed by atoms with Gasteiger partial charge in [0, 0.05) is 43.5 Å². The molecule has 7 nitrogen and oxygen atoms in total. The Hall–Kier alpha value is -2.67. The summed E-state index contributed by atoms with van der Waals surface area (Å²) in [6, 6.07) is 8.32. The van der Waals surface area contributed by atoms with Crippen LogP contribution in [0.3, 0.4) is 0 Å². The molecule has 2 heterocycles. The van der Waals surface area contributed by atoms with E-state index in [-0.39, 0.29) is 39.0 Å². The summed E-state index contributed by atoms with van der Waals surface area (Å²) in [7, 11) is 0. The van der Waals surface area contributed by atoms with Crippen molar-refractivity contribution < 1.29 is 9.72 Å². The fourth-order valence-corrected chi connectivity index (χ4v) is 6.11. The van der Waals surface area contributed by atoms with E-state index in [0.717, 1.165) is 9.35 Å². The van der Waals surface area contributed by atoms with Crippen molar-refractivity contribution in [2.45, 2.75) is 32.6 Å². The number of benzene rings is 1. The Labute approximate surface area is 202 Å². The van der Waals surface area contributed by atoms with Crippen LogP contribution >= 0.6 is 38.9 Å². The summed E-state index contributed by atoms with van der Waals surface area (Å²) in [6.45, 7) is 3.94. The summed E-state index contributed by atoms with van der Waals surface area (Å²) < 4.78 is 0.842. The van der Waals surface area contributed by atoms with E-state index in [9.17, 15) is 20.2 Å². The number of carbonyl (C=O) groups is 1. The summed E-state index contributed by atoms with van der Waals surface area (Å²) in [5, 5.41) is 24.0. The fourth-order valence-electron chi connectivity index (χ4n) is 4.38. The predicted molar refractivity (Wildman–Crippen MR) is 127 cm³/mol. The SMILES string of the molecule is CC1(C)CC(=O)C2=C(C1)N(c1ccc(Cl)cc1[N+](=O)[O-])C(N)=C(C#N)C2c1cc(Br)cs1. The Morgan fingerprint density at radius 3 is 2.69 bits per heavy atom. The van der Waals surface area contributed by atoms with Crippen molar-refractivity contribution in [1.82, 2.24) is 0 Å². The third kappa shape index (κ3) is 3.72. The third-order valence-electron chi connectivity index (χ3n) is 5.63. The van der Waals surface area contributed by atoms with Gasteiger partial charge in [-0.2, -0.15) is 5.26 Å². The van der Waals surface area contributed by atoms with E-state index in [0.29, 0.717) is 24.1 Å². The highest BCUT2D eigenvalue weighted by atomic mass is 79.9. The van der Waals surface area contributed by atoms with Gasteiger partial charge >= 0.3 is 0 Å². The van der Waals surface area contributed by atoms with E-state index in [1.54, 1.807) is 0 Å². The molecule has 164 valence electrons. The second kappa shape index (κ2) is 8.03. The Morgan fingerprint density at radius 2 is 2.09 bits per heavy atom. The van der Waals surface area contributed by atoms with Crippen LogP contribution in [0.2, 0.25) is 5.02 Å². The van der Waals surface area contributed by atoms with Crippen molar-refractivity contribution in [1.29, 1.82) is 5.26 Å². The van der Waals surface area contributed by atoms with Gasteiger partial charge in [0.15, 0.2) is 5.78 Å². The topological polar surface area (TPSA) is 113 Å². The van der Waals surface area contributed by atoms with E-state index in [2.05, 4.69) is 22.0 Å². The molecule has 1 aliphatic carbocycles. The number of nitrogens with zero attached hydrogens (tertiary/aromatic N) is 3. The number of ketones is 1. The second-order valence-corrected chi connectivity index (χ2v) is 10.8. The van der Waals surface area contributed by atoms with Gasteiger partial charge in [-0.1, -0.05) is 25.4 Å². The molecule has 0 spiro atoms. The van der Waals surface area contributed by atoms with Gasteiger partial charge in [0.25, 0.3) is 5.69 Å². The highest BCUT2D eigenvalue weighted by Gasteiger charge is 2.46. The predicted octanol–water partition coefficient (Wildman–Crippen LogP) is 6.01. The molecule has 0 saturated carbocycles. The fraction of sp³-hybridized carbons (Fsp3) is 0.273. The van der Waals surface area contributed by atoms with Crippen LogP contribution in [0.15, 0.2) is 56.8 Å². The molecular formula is C22H18BrClN4O3S. The number of thiophene rings is 1. The molecule has 4 rings (SSSR count). The average Bonchev–Trinajstić information content (AvgIpc) is 3.12. The number of nitro benzene ring substituents is 1. The molecule has 32 heavy (non-hydrogen) atoms. The van der Waals surface area contributed by atoms with Crippen LogP contribution in [-0.4, -0.2) is 10.7 Å². The van der Waals surface area contributed by atoms with Crippen LogP contribution in [-0.2, 0) is 4.79 Å². The smallest absolute Gasteiger partial charge is 0.294 e. The molecule has 0 amide bonds. The normalized spacial score (nSPS) is 20.3. The summed E-state index contributed by atoms with van der Waals surface area (Å²) >= 11 is 10.9. The Bertz CT molecular complexity index is 1270. The molecule has 1 aliphatic heterocycles. The highest BCUT2D eigenvalue weighted by molar-refractivity contribution is 9.10. The van der Waals surface area contributed by atoms with E-state index >= 15 is 0 Å². The zero-order valence-corrected chi connectivity index (χ0v) is 20.3. The first-order chi connectivity index (χ1) is 15.0. The molecule has 0 saturated heterocycles. The van der Waals surface area contributed by atoms with Crippen LogP contribution in [0.1, 0.15) is 37.5 Å². The van der Waals surface area contributed by atoms with Crippen LogP contribution in [0, 0.1) is 26.9 Å². The first-order valence-electron chi connectivity index (χ1n) is 9.68. The minimum atomic E-state index is -0.613. The summed E-state index contributed by atoms with van der Waals surface area (Å²) in [5.74, 6) is -0.623. The minimum absolute atomic E-state index is 0.0803. The van der Waals surface area contributed by atoms with Gasteiger partial charge < -0.3 is 5.73 Å². The van der Waals surface area contributed by atoms with Gasteiger partial charge in [0.1, 0.15) is 11.5 Å². The summed E-state index contributed by atoms with van der Waals surface area (Å²) in [5.41, 5.74) is 7.31. The van der Waals surface area contributed by atoms with Gasteiger partial charge in [0.05, 0.1) is 22.5 Å².